The monoisotopic (exact) mass is 300 g/mol. The fourth-order valence-corrected chi connectivity index (χ4v) is 3.18. The second kappa shape index (κ2) is 6.81. The first-order chi connectivity index (χ1) is 10.7. The second-order valence-electron chi connectivity index (χ2n) is 6.06. The number of benzene rings is 1. The third kappa shape index (κ3) is 3.40. The van der Waals surface area contributed by atoms with Gasteiger partial charge in [-0.05, 0) is 36.8 Å². The van der Waals surface area contributed by atoms with Crippen LogP contribution in [0.25, 0.3) is 0 Å². The van der Waals surface area contributed by atoms with Gasteiger partial charge in [0.25, 0.3) is 0 Å². The van der Waals surface area contributed by atoms with Crippen LogP contribution in [-0.4, -0.2) is 47.8 Å². The molecule has 2 aliphatic heterocycles. The zero-order chi connectivity index (χ0) is 15.4. The van der Waals surface area contributed by atoms with Crippen LogP contribution in [0.2, 0.25) is 0 Å². The van der Waals surface area contributed by atoms with Crippen molar-refractivity contribution in [2.75, 3.05) is 26.2 Å². The number of rotatable bonds is 2. The van der Waals surface area contributed by atoms with E-state index in [0.717, 1.165) is 38.9 Å². The summed E-state index contributed by atoms with van der Waals surface area (Å²) < 4.78 is 0. The molecule has 0 aliphatic carbocycles. The molecular weight excluding hydrogens is 276 g/mol. The second-order valence-corrected chi connectivity index (χ2v) is 6.06. The molecule has 1 aromatic rings. The zero-order valence-corrected chi connectivity index (χ0v) is 13.0. The average molecular weight is 300 g/mol. The van der Waals surface area contributed by atoms with Crippen molar-refractivity contribution in [2.24, 2.45) is 10.7 Å². The Balaban J connectivity index is 1.56. The van der Waals surface area contributed by atoms with E-state index in [2.05, 4.69) is 28.1 Å². The van der Waals surface area contributed by atoms with Crippen LogP contribution in [0.4, 0.5) is 0 Å². The van der Waals surface area contributed by atoms with Crippen molar-refractivity contribution >= 4 is 11.9 Å². The van der Waals surface area contributed by atoms with Crippen LogP contribution in [0.5, 0.6) is 0 Å². The largest absolute Gasteiger partial charge is 0.370 e. The molecule has 22 heavy (non-hydrogen) atoms. The van der Waals surface area contributed by atoms with Crippen molar-refractivity contribution < 1.29 is 4.79 Å². The number of hydrogen-bond acceptors (Lipinski definition) is 2. The van der Waals surface area contributed by atoms with Gasteiger partial charge in [-0.1, -0.05) is 24.3 Å². The predicted octanol–water partition coefficient (Wildman–Crippen LogP) is 1.37. The lowest BCUT2D eigenvalue weighted by atomic mass is 10.00. The number of guanidine groups is 1. The van der Waals surface area contributed by atoms with Crippen LogP contribution in [0, 0.1) is 0 Å². The highest BCUT2D eigenvalue weighted by Crippen LogP contribution is 2.18. The minimum absolute atomic E-state index is 0.0643. The topological polar surface area (TPSA) is 61.9 Å². The molecule has 0 bridgehead atoms. The Kier molecular flexibility index (Phi) is 4.61. The maximum absolute atomic E-state index is 12.3. The Bertz CT molecular complexity index is 564. The number of nitrogens with two attached hydrogens (primary N) is 1. The fourth-order valence-electron chi connectivity index (χ4n) is 3.18. The van der Waals surface area contributed by atoms with Crippen molar-refractivity contribution in [1.82, 2.24) is 9.80 Å². The molecule has 118 valence electrons. The quantitative estimate of drug-likeness (QED) is 0.663. The summed E-state index contributed by atoms with van der Waals surface area (Å²) in [6, 6.07) is 8.32. The molecule has 0 radical (unpaired) electrons. The van der Waals surface area contributed by atoms with E-state index < -0.39 is 0 Å². The highest BCUT2D eigenvalue weighted by Gasteiger charge is 2.20. The third-order valence-electron chi connectivity index (χ3n) is 4.54. The van der Waals surface area contributed by atoms with E-state index in [1.54, 1.807) is 0 Å². The van der Waals surface area contributed by atoms with Crippen LogP contribution >= 0.6 is 0 Å². The van der Waals surface area contributed by atoms with Gasteiger partial charge in [0.1, 0.15) is 6.54 Å². The van der Waals surface area contributed by atoms with Crippen LogP contribution in [0.1, 0.15) is 30.4 Å². The summed E-state index contributed by atoms with van der Waals surface area (Å²) >= 11 is 0. The molecule has 3 rings (SSSR count). The Morgan fingerprint density at radius 1 is 1.05 bits per heavy atom. The summed E-state index contributed by atoms with van der Waals surface area (Å²) in [5, 5.41) is 0. The number of amides is 1. The van der Waals surface area contributed by atoms with Gasteiger partial charge in [-0.3, -0.25) is 4.79 Å². The molecule has 1 fully saturated rings. The minimum atomic E-state index is 0.0643. The van der Waals surface area contributed by atoms with E-state index >= 15 is 0 Å². The fraction of sp³-hybridized carbons (Fsp3) is 0.529. The van der Waals surface area contributed by atoms with Crippen LogP contribution in [-0.2, 0) is 17.8 Å². The lowest BCUT2D eigenvalue weighted by molar-refractivity contribution is -0.130. The first-order valence-electron chi connectivity index (χ1n) is 8.13. The van der Waals surface area contributed by atoms with Crippen molar-refractivity contribution in [3.8, 4) is 0 Å². The van der Waals surface area contributed by atoms with Crippen molar-refractivity contribution in [3.05, 3.63) is 35.4 Å². The molecular formula is C17H24N4O. The molecule has 1 aromatic carbocycles. The highest BCUT2D eigenvalue weighted by atomic mass is 16.2. The van der Waals surface area contributed by atoms with Gasteiger partial charge in [0.05, 0.1) is 0 Å². The molecule has 0 unspecified atom stereocenters. The lowest BCUT2D eigenvalue weighted by Gasteiger charge is -2.29. The number of likely N-dealkylation sites (tertiary alicyclic amines) is 1. The molecule has 5 heteroatoms. The maximum Gasteiger partial charge on any atom is 0.244 e. The summed E-state index contributed by atoms with van der Waals surface area (Å²) in [6.45, 7) is 3.54. The maximum atomic E-state index is 12.3. The van der Waals surface area contributed by atoms with E-state index in [1.165, 1.54) is 17.5 Å². The Hall–Kier alpha value is -2.04. The van der Waals surface area contributed by atoms with E-state index in [4.69, 9.17) is 5.73 Å². The van der Waals surface area contributed by atoms with Crippen LogP contribution < -0.4 is 5.73 Å². The van der Waals surface area contributed by atoms with Crippen molar-refractivity contribution in [2.45, 2.75) is 32.2 Å². The summed E-state index contributed by atoms with van der Waals surface area (Å²) in [5.41, 5.74) is 8.60. The molecule has 1 amide bonds. The molecule has 5 nitrogen and oxygen atoms in total. The normalized spacial score (nSPS) is 19.0. The summed E-state index contributed by atoms with van der Waals surface area (Å²) in [6.07, 6.45) is 4.50. The van der Waals surface area contributed by atoms with E-state index in [1.807, 2.05) is 11.0 Å². The van der Waals surface area contributed by atoms with Crippen LogP contribution in [0.15, 0.2) is 29.3 Å². The number of carbonyl (C=O) groups excluding carboxylic acids is 1. The zero-order valence-electron chi connectivity index (χ0n) is 13.0. The summed E-state index contributed by atoms with van der Waals surface area (Å²) in [4.78, 5) is 20.6. The van der Waals surface area contributed by atoms with Gasteiger partial charge in [0, 0.05) is 26.2 Å². The molecule has 0 spiro atoms. The van der Waals surface area contributed by atoms with E-state index in [9.17, 15) is 4.79 Å². The highest BCUT2D eigenvalue weighted by molar-refractivity contribution is 5.84. The van der Waals surface area contributed by atoms with Gasteiger partial charge in [0.2, 0.25) is 5.91 Å². The van der Waals surface area contributed by atoms with Gasteiger partial charge in [0.15, 0.2) is 5.96 Å². The standard InChI is InChI=1S/C17H24N4O/c18-17(20-9-4-1-5-10-20)19-12-16(22)21-11-8-14-6-2-3-7-15(14)13-21/h2-3,6-7H,1,4-5,8-13H2,(H2,18,19). The van der Waals surface area contributed by atoms with E-state index in [0.29, 0.717) is 12.5 Å². The molecule has 2 heterocycles. The number of hydrogen-bond donors (Lipinski definition) is 1. The van der Waals surface area contributed by atoms with Crippen LogP contribution in [0.3, 0.4) is 0 Å². The SMILES string of the molecule is NC(=NCC(=O)N1CCc2ccccc2C1)N1CCCCC1. The minimum Gasteiger partial charge on any atom is -0.370 e. The number of fused-ring (bicyclic) bond motifs is 1. The summed E-state index contributed by atoms with van der Waals surface area (Å²) in [5.74, 6) is 0.583. The predicted molar refractivity (Wildman–Crippen MR) is 87.5 cm³/mol. The van der Waals surface area contributed by atoms with Crippen molar-refractivity contribution in [3.63, 3.8) is 0 Å². The van der Waals surface area contributed by atoms with Gasteiger partial charge in [-0.2, -0.15) is 0 Å². The van der Waals surface area contributed by atoms with Gasteiger partial charge >= 0.3 is 0 Å². The molecule has 0 aromatic heterocycles. The third-order valence-corrected chi connectivity index (χ3v) is 4.54. The number of nitrogens with zero attached hydrogens (tertiary/aromatic N) is 3. The first kappa shape index (κ1) is 14.9. The smallest absolute Gasteiger partial charge is 0.244 e. The Morgan fingerprint density at radius 2 is 1.77 bits per heavy atom. The molecule has 2 aliphatic rings. The van der Waals surface area contributed by atoms with Crippen molar-refractivity contribution in [1.29, 1.82) is 0 Å². The Labute approximate surface area is 131 Å². The number of aliphatic imine (C=N–C) groups is 1. The van der Waals surface area contributed by atoms with Gasteiger partial charge in [-0.15, -0.1) is 0 Å². The number of carbonyl (C=O) groups is 1. The van der Waals surface area contributed by atoms with Gasteiger partial charge in [-0.25, -0.2) is 4.99 Å². The van der Waals surface area contributed by atoms with E-state index in [-0.39, 0.29) is 12.5 Å². The van der Waals surface area contributed by atoms with Gasteiger partial charge < -0.3 is 15.5 Å². The Morgan fingerprint density at radius 3 is 2.55 bits per heavy atom. The first-order valence-corrected chi connectivity index (χ1v) is 8.13. The molecule has 0 saturated carbocycles. The molecule has 0 atom stereocenters. The number of piperidine rings is 1. The molecule has 2 N–H and O–H groups in total. The molecule has 1 saturated heterocycles. The summed E-state index contributed by atoms with van der Waals surface area (Å²) in [7, 11) is 0. The average Bonchev–Trinajstić information content (AvgIpc) is 2.59. The lowest BCUT2D eigenvalue weighted by Crippen LogP contribution is -2.42.